The maximum absolute atomic E-state index is 3.82. The largest absolute Gasteiger partial charge is 0.385 e. The molecule has 1 saturated carbocycles. The fourth-order valence-corrected chi connectivity index (χ4v) is 3.69. The van der Waals surface area contributed by atoms with Crippen LogP contribution in [0.25, 0.3) is 0 Å². The van der Waals surface area contributed by atoms with Gasteiger partial charge in [0, 0.05) is 24.8 Å². The number of hydrogen-bond acceptors (Lipinski definition) is 2. The lowest BCUT2D eigenvalue weighted by Crippen LogP contribution is -2.28. The molecule has 1 fully saturated rings. The van der Waals surface area contributed by atoms with Crippen LogP contribution in [0.2, 0.25) is 0 Å². The molecule has 0 aromatic heterocycles. The molecule has 3 rings (SSSR count). The Morgan fingerprint density at radius 1 is 1.15 bits per heavy atom. The minimum Gasteiger partial charge on any atom is -0.385 e. The second-order valence-corrected chi connectivity index (χ2v) is 6.66. The van der Waals surface area contributed by atoms with Crippen molar-refractivity contribution in [3.8, 4) is 0 Å². The lowest BCUT2D eigenvalue weighted by molar-refractivity contribution is 0.446. The van der Waals surface area contributed by atoms with Gasteiger partial charge in [0.2, 0.25) is 0 Å². The molecular weight excluding hydrogens is 244 g/mol. The Kier molecular flexibility index (Phi) is 4.62. The summed E-state index contributed by atoms with van der Waals surface area (Å²) in [6.45, 7) is 4.58. The maximum atomic E-state index is 3.82. The van der Waals surface area contributed by atoms with Crippen LogP contribution in [0.15, 0.2) is 18.2 Å². The van der Waals surface area contributed by atoms with Gasteiger partial charge in [-0.05, 0) is 55.2 Å². The van der Waals surface area contributed by atoms with Crippen molar-refractivity contribution in [3.63, 3.8) is 0 Å². The third kappa shape index (κ3) is 3.35. The predicted molar refractivity (Wildman–Crippen MR) is 86.1 cm³/mol. The Morgan fingerprint density at radius 3 is 3.05 bits per heavy atom. The first-order chi connectivity index (χ1) is 9.83. The summed E-state index contributed by atoms with van der Waals surface area (Å²) in [5.74, 6) is 0.926. The minimum atomic E-state index is 0.729. The summed E-state index contributed by atoms with van der Waals surface area (Å²) in [7, 11) is 0. The Hall–Kier alpha value is -1.02. The zero-order chi connectivity index (χ0) is 13.8. The highest BCUT2D eigenvalue weighted by Gasteiger charge is 2.17. The van der Waals surface area contributed by atoms with Gasteiger partial charge in [-0.25, -0.2) is 0 Å². The van der Waals surface area contributed by atoms with Crippen molar-refractivity contribution < 1.29 is 0 Å². The highest BCUT2D eigenvalue weighted by atomic mass is 14.9. The van der Waals surface area contributed by atoms with E-state index in [1.807, 2.05) is 0 Å². The summed E-state index contributed by atoms with van der Waals surface area (Å²) < 4.78 is 0. The van der Waals surface area contributed by atoms with E-state index in [1.54, 1.807) is 5.56 Å². The van der Waals surface area contributed by atoms with Gasteiger partial charge in [-0.1, -0.05) is 31.9 Å². The van der Waals surface area contributed by atoms with Crippen LogP contribution < -0.4 is 10.6 Å². The van der Waals surface area contributed by atoms with Gasteiger partial charge in [-0.3, -0.25) is 0 Å². The Balaban J connectivity index is 1.61. The summed E-state index contributed by atoms with van der Waals surface area (Å²) in [5.41, 5.74) is 4.42. The molecule has 1 aliphatic heterocycles. The molecule has 2 heteroatoms. The van der Waals surface area contributed by atoms with E-state index in [4.69, 9.17) is 0 Å². The monoisotopic (exact) mass is 272 g/mol. The number of anilines is 1. The summed E-state index contributed by atoms with van der Waals surface area (Å²) >= 11 is 0. The quantitative estimate of drug-likeness (QED) is 0.809. The van der Waals surface area contributed by atoms with Crippen molar-refractivity contribution in [1.29, 1.82) is 0 Å². The lowest BCUT2D eigenvalue weighted by atomic mass is 9.97. The molecule has 1 aliphatic carbocycles. The van der Waals surface area contributed by atoms with Crippen LogP contribution in [0.3, 0.4) is 0 Å². The smallest absolute Gasteiger partial charge is 0.0375 e. The summed E-state index contributed by atoms with van der Waals surface area (Å²) in [6.07, 6.45) is 9.43. The first-order valence-electron chi connectivity index (χ1n) is 8.41. The van der Waals surface area contributed by atoms with Crippen LogP contribution >= 0.6 is 0 Å². The Morgan fingerprint density at radius 2 is 2.10 bits per heavy atom. The van der Waals surface area contributed by atoms with E-state index in [0.29, 0.717) is 0 Å². The second kappa shape index (κ2) is 6.62. The van der Waals surface area contributed by atoms with Gasteiger partial charge < -0.3 is 10.6 Å². The molecule has 20 heavy (non-hydrogen) atoms. The first kappa shape index (κ1) is 13.9. The molecule has 0 radical (unpaired) electrons. The van der Waals surface area contributed by atoms with Crippen LogP contribution in [-0.4, -0.2) is 12.6 Å². The van der Waals surface area contributed by atoms with Crippen LogP contribution in [0.5, 0.6) is 0 Å². The summed E-state index contributed by atoms with van der Waals surface area (Å²) in [5, 5.41) is 7.35. The molecule has 0 bridgehead atoms. The van der Waals surface area contributed by atoms with Crippen LogP contribution in [0, 0.1) is 5.92 Å². The first-order valence-corrected chi connectivity index (χ1v) is 8.41. The molecule has 2 unspecified atom stereocenters. The van der Waals surface area contributed by atoms with E-state index >= 15 is 0 Å². The fourth-order valence-electron chi connectivity index (χ4n) is 3.69. The highest BCUT2D eigenvalue weighted by molar-refractivity contribution is 5.56. The lowest BCUT2D eigenvalue weighted by Gasteiger charge is -2.23. The molecule has 1 aromatic carbocycles. The van der Waals surface area contributed by atoms with Gasteiger partial charge >= 0.3 is 0 Å². The molecule has 0 amide bonds. The normalized spacial score (nSPS) is 26.4. The summed E-state index contributed by atoms with van der Waals surface area (Å²) in [6, 6.07) is 7.46. The molecule has 1 aromatic rings. The molecule has 0 saturated heterocycles. The molecule has 2 aliphatic rings. The molecule has 1 heterocycles. The van der Waals surface area contributed by atoms with Crippen LogP contribution in [0.4, 0.5) is 5.69 Å². The van der Waals surface area contributed by atoms with Crippen molar-refractivity contribution in [2.45, 2.75) is 64.5 Å². The molecular formula is C18H28N2. The number of hydrogen-bond donors (Lipinski definition) is 2. The predicted octanol–water partition coefficient (Wildman–Crippen LogP) is 4.10. The number of fused-ring (bicyclic) bond motifs is 1. The van der Waals surface area contributed by atoms with Crippen LogP contribution in [0.1, 0.15) is 56.6 Å². The maximum Gasteiger partial charge on any atom is 0.0375 e. The van der Waals surface area contributed by atoms with E-state index in [0.717, 1.165) is 25.0 Å². The summed E-state index contributed by atoms with van der Waals surface area (Å²) in [4.78, 5) is 0. The van der Waals surface area contributed by atoms with Crippen molar-refractivity contribution in [1.82, 2.24) is 5.32 Å². The van der Waals surface area contributed by atoms with Crippen molar-refractivity contribution in [3.05, 3.63) is 29.3 Å². The van der Waals surface area contributed by atoms with E-state index in [-0.39, 0.29) is 0 Å². The zero-order valence-corrected chi connectivity index (χ0v) is 12.8. The van der Waals surface area contributed by atoms with Crippen molar-refractivity contribution >= 4 is 5.69 Å². The molecule has 2 atom stereocenters. The standard InChI is InChI=1S/C18H28N2/c1-14-5-2-7-16(11-10-14)20-13-15-6-3-9-18-17(15)8-4-12-19-18/h3,6,9,14,16,19-20H,2,4-5,7-8,10-13H2,1H3. The second-order valence-electron chi connectivity index (χ2n) is 6.66. The van der Waals surface area contributed by atoms with E-state index in [2.05, 4.69) is 35.8 Å². The van der Waals surface area contributed by atoms with Gasteiger partial charge in [-0.2, -0.15) is 0 Å². The van der Waals surface area contributed by atoms with Gasteiger partial charge in [0.15, 0.2) is 0 Å². The van der Waals surface area contributed by atoms with E-state index < -0.39 is 0 Å². The van der Waals surface area contributed by atoms with E-state index in [9.17, 15) is 0 Å². The average Bonchev–Trinajstić information content (AvgIpc) is 2.70. The van der Waals surface area contributed by atoms with Gasteiger partial charge in [-0.15, -0.1) is 0 Å². The average molecular weight is 272 g/mol. The van der Waals surface area contributed by atoms with E-state index in [1.165, 1.54) is 56.2 Å². The number of benzene rings is 1. The third-order valence-corrected chi connectivity index (χ3v) is 5.03. The molecule has 0 spiro atoms. The van der Waals surface area contributed by atoms with Gasteiger partial charge in [0.25, 0.3) is 0 Å². The molecule has 110 valence electrons. The fraction of sp³-hybridized carbons (Fsp3) is 0.667. The SMILES string of the molecule is CC1CCCC(NCc2cccc3c2CCCN3)CC1. The Labute approximate surface area is 123 Å². The van der Waals surface area contributed by atoms with Gasteiger partial charge in [0.1, 0.15) is 0 Å². The number of rotatable bonds is 3. The minimum absolute atomic E-state index is 0.729. The van der Waals surface area contributed by atoms with Crippen molar-refractivity contribution in [2.24, 2.45) is 5.92 Å². The molecule has 2 nitrogen and oxygen atoms in total. The third-order valence-electron chi connectivity index (χ3n) is 5.03. The van der Waals surface area contributed by atoms with Gasteiger partial charge in [0.05, 0.1) is 0 Å². The zero-order valence-electron chi connectivity index (χ0n) is 12.8. The van der Waals surface area contributed by atoms with Crippen LogP contribution in [-0.2, 0) is 13.0 Å². The topological polar surface area (TPSA) is 24.1 Å². The highest BCUT2D eigenvalue weighted by Crippen LogP contribution is 2.26. The molecule has 2 N–H and O–H groups in total. The van der Waals surface area contributed by atoms with Crippen molar-refractivity contribution in [2.75, 3.05) is 11.9 Å². The number of nitrogens with one attached hydrogen (secondary N) is 2. The Bertz CT molecular complexity index is 441.